The van der Waals surface area contributed by atoms with Crippen molar-refractivity contribution >= 4 is 23.5 Å². The number of nitrogens with zero attached hydrogens (tertiary/aromatic N) is 4. The van der Waals surface area contributed by atoms with Crippen LogP contribution < -0.4 is 5.73 Å². The van der Waals surface area contributed by atoms with E-state index in [0.29, 0.717) is 18.0 Å². The third-order valence-corrected chi connectivity index (χ3v) is 4.52. The van der Waals surface area contributed by atoms with Gasteiger partial charge in [0.1, 0.15) is 5.82 Å². The molecule has 0 aliphatic carbocycles. The first-order valence-electron chi connectivity index (χ1n) is 5.77. The second kappa shape index (κ2) is 7.46. The van der Waals surface area contributed by atoms with Crippen LogP contribution in [0.5, 0.6) is 0 Å². The van der Waals surface area contributed by atoms with Gasteiger partial charge in [-0.15, -0.1) is 16.9 Å². The predicted molar refractivity (Wildman–Crippen MR) is 74.7 cm³/mol. The van der Waals surface area contributed by atoms with Gasteiger partial charge < -0.3 is 5.73 Å². The molecule has 0 spiro atoms. The fourth-order valence-electron chi connectivity index (χ4n) is 1.41. The van der Waals surface area contributed by atoms with Gasteiger partial charge in [0.2, 0.25) is 5.16 Å². The van der Waals surface area contributed by atoms with E-state index in [1.54, 1.807) is 28.6 Å². The number of hydrogen-bond donors (Lipinski definition) is 1. The van der Waals surface area contributed by atoms with Crippen LogP contribution in [-0.4, -0.2) is 38.3 Å². The molecule has 1 heterocycles. The number of aromatic nitrogens is 4. The van der Waals surface area contributed by atoms with Crippen LogP contribution in [0.2, 0.25) is 0 Å². The molecule has 2 aromatic rings. The van der Waals surface area contributed by atoms with Crippen molar-refractivity contribution in [1.82, 2.24) is 20.2 Å². The second-order valence-electron chi connectivity index (χ2n) is 3.60. The van der Waals surface area contributed by atoms with Crippen molar-refractivity contribution in [2.75, 3.05) is 18.1 Å². The number of rotatable bonds is 7. The Hall–Kier alpha value is -1.12. The van der Waals surface area contributed by atoms with Gasteiger partial charge in [-0.1, -0.05) is 23.9 Å². The maximum atomic E-state index is 13.4. The van der Waals surface area contributed by atoms with E-state index in [0.717, 1.165) is 16.7 Å². The van der Waals surface area contributed by atoms with Crippen LogP contribution in [-0.2, 0) is 6.54 Å². The molecule has 0 aliphatic rings. The quantitative estimate of drug-likeness (QED) is 0.619. The monoisotopic (exact) mass is 299 g/mol. The molecular weight excluding hydrogens is 285 g/mol. The molecule has 0 atom stereocenters. The Morgan fingerprint density at radius 2 is 2.00 bits per heavy atom. The van der Waals surface area contributed by atoms with Gasteiger partial charge in [0.15, 0.2) is 0 Å². The summed E-state index contributed by atoms with van der Waals surface area (Å²) in [4.78, 5) is 0.671. The Bertz CT molecular complexity index is 519. The van der Waals surface area contributed by atoms with E-state index in [1.807, 2.05) is 6.07 Å². The maximum absolute atomic E-state index is 13.4. The fourth-order valence-corrected chi connectivity index (χ4v) is 3.23. The molecular formula is C11H14FN5S2. The number of thioether (sulfide) groups is 2. The summed E-state index contributed by atoms with van der Waals surface area (Å²) in [6, 6.07) is 6.77. The van der Waals surface area contributed by atoms with Crippen molar-refractivity contribution in [3.05, 3.63) is 30.1 Å². The summed E-state index contributed by atoms with van der Waals surface area (Å²) in [5.74, 6) is 1.43. The first kappa shape index (κ1) is 14.3. The average molecular weight is 299 g/mol. The van der Waals surface area contributed by atoms with Gasteiger partial charge in [0.25, 0.3) is 0 Å². The zero-order valence-corrected chi connectivity index (χ0v) is 11.8. The molecule has 0 saturated heterocycles. The van der Waals surface area contributed by atoms with Crippen molar-refractivity contribution in [1.29, 1.82) is 0 Å². The number of hydrogen-bond acceptors (Lipinski definition) is 6. The van der Waals surface area contributed by atoms with E-state index in [-0.39, 0.29) is 5.82 Å². The molecule has 2 rings (SSSR count). The van der Waals surface area contributed by atoms with Crippen LogP contribution in [0.15, 0.2) is 34.3 Å². The molecule has 0 saturated carbocycles. The van der Waals surface area contributed by atoms with E-state index < -0.39 is 0 Å². The lowest BCUT2D eigenvalue weighted by molar-refractivity contribution is 0.557. The van der Waals surface area contributed by atoms with Crippen molar-refractivity contribution < 1.29 is 4.39 Å². The number of benzene rings is 1. The first-order chi connectivity index (χ1) is 9.31. The van der Waals surface area contributed by atoms with Crippen LogP contribution in [0, 0.1) is 5.82 Å². The predicted octanol–water partition coefficient (Wildman–Crippen LogP) is 1.66. The topological polar surface area (TPSA) is 69.6 Å². The van der Waals surface area contributed by atoms with Crippen LogP contribution >= 0.6 is 23.5 Å². The van der Waals surface area contributed by atoms with Gasteiger partial charge in [-0.25, -0.2) is 9.07 Å². The summed E-state index contributed by atoms with van der Waals surface area (Å²) in [5.41, 5.74) is 5.46. The molecule has 1 aromatic heterocycles. The summed E-state index contributed by atoms with van der Waals surface area (Å²) >= 11 is 3.04. The highest BCUT2D eigenvalue weighted by Crippen LogP contribution is 2.23. The Morgan fingerprint density at radius 1 is 1.21 bits per heavy atom. The molecule has 0 aliphatic heterocycles. The van der Waals surface area contributed by atoms with Gasteiger partial charge >= 0.3 is 0 Å². The minimum atomic E-state index is -0.175. The maximum Gasteiger partial charge on any atom is 0.209 e. The smallest absolute Gasteiger partial charge is 0.209 e. The van der Waals surface area contributed by atoms with Crippen molar-refractivity contribution in [2.45, 2.75) is 16.6 Å². The lowest BCUT2D eigenvalue weighted by atomic mass is 10.3. The standard InChI is InChI=1S/C11H14FN5S2/c12-9-3-1-2-4-10(9)18-7-8-19-11-14-15-16-17(11)6-5-13/h1-4H,5-8,13H2. The van der Waals surface area contributed by atoms with Crippen molar-refractivity contribution in [3.63, 3.8) is 0 Å². The number of halogens is 1. The Labute approximate surface area is 119 Å². The molecule has 8 heteroatoms. The van der Waals surface area contributed by atoms with E-state index in [4.69, 9.17) is 5.73 Å². The third-order valence-electron chi connectivity index (χ3n) is 2.25. The van der Waals surface area contributed by atoms with Crippen molar-refractivity contribution in [2.24, 2.45) is 5.73 Å². The molecule has 0 bridgehead atoms. The lowest BCUT2D eigenvalue weighted by Gasteiger charge is -2.03. The normalized spacial score (nSPS) is 10.8. The average Bonchev–Trinajstić information content (AvgIpc) is 2.85. The molecule has 0 radical (unpaired) electrons. The summed E-state index contributed by atoms with van der Waals surface area (Å²) in [5, 5.41) is 12.1. The largest absolute Gasteiger partial charge is 0.329 e. The summed E-state index contributed by atoms with van der Waals surface area (Å²) in [6.07, 6.45) is 0. The molecule has 0 unspecified atom stereocenters. The summed E-state index contributed by atoms with van der Waals surface area (Å²) < 4.78 is 15.1. The highest BCUT2D eigenvalue weighted by molar-refractivity contribution is 8.02. The van der Waals surface area contributed by atoms with Crippen molar-refractivity contribution in [3.8, 4) is 0 Å². The summed E-state index contributed by atoms with van der Waals surface area (Å²) in [6.45, 7) is 1.11. The molecule has 19 heavy (non-hydrogen) atoms. The van der Waals surface area contributed by atoms with Crippen LogP contribution in [0.25, 0.3) is 0 Å². The van der Waals surface area contributed by atoms with Crippen LogP contribution in [0.1, 0.15) is 0 Å². The lowest BCUT2D eigenvalue weighted by Crippen LogP contribution is -2.12. The second-order valence-corrected chi connectivity index (χ2v) is 5.80. The highest BCUT2D eigenvalue weighted by atomic mass is 32.2. The molecule has 0 amide bonds. The molecule has 2 N–H and O–H groups in total. The third kappa shape index (κ3) is 4.19. The highest BCUT2D eigenvalue weighted by Gasteiger charge is 2.06. The van der Waals surface area contributed by atoms with Gasteiger partial charge in [-0.3, -0.25) is 0 Å². The zero-order chi connectivity index (χ0) is 13.5. The van der Waals surface area contributed by atoms with Gasteiger partial charge in [-0.05, 0) is 22.6 Å². The molecule has 5 nitrogen and oxygen atoms in total. The van der Waals surface area contributed by atoms with Gasteiger partial charge in [0, 0.05) is 22.9 Å². The minimum absolute atomic E-state index is 0.175. The summed E-state index contributed by atoms with van der Waals surface area (Å²) in [7, 11) is 0. The van der Waals surface area contributed by atoms with E-state index >= 15 is 0 Å². The zero-order valence-electron chi connectivity index (χ0n) is 10.2. The van der Waals surface area contributed by atoms with Gasteiger partial charge in [0.05, 0.1) is 6.54 Å². The minimum Gasteiger partial charge on any atom is -0.329 e. The van der Waals surface area contributed by atoms with E-state index in [1.165, 1.54) is 17.8 Å². The van der Waals surface area contributed by atoms with Crippen LogP contribution in [0.4, 0.5) is 4.39 Å². The first-order valence-corrected chi connectivity index (χ1v) is 7.74. The molecule has 0 fully saturated rings. The fraction of sp³-hybridized carbons (Fsp3) is 0.364. The molecule has 1 aromatic carbocycles. The number of nitrogens with two attached hydrogens (primary N) is 1. The van der Waals surface area contributed by atoms with E-state index in [2.05, 4.69) is 15.5 Å². The van der Waals surface area contributed by atoms with E-state index in [9.17, 15) is 4.39 Å². The van der Waals surface area contributed by atoms with Crippen LogP contribution in [0.3, 0.4) is 0 Å². The SMILES string of the molecule is NCCn1nnnc1SCCSc1ccccc1F. The molecule has 102 valence electrons. The Balaban J connectivity index is 1.78. The number of tetrazole rings is 1. The Morgan fingerprint density at radius 3 is 2.79 bits per heavy atom. The Kier molecular flexibility index (Phi) is 5.62. The van der Waals surface area contributed by atoms with Gasteiger partial charge in [-0.2, -0.15) is 0 Å².